The molecule has 0 unspecified atom stereocenters. The Morgan fingerprint density at radius 2 is 1.83 bits per heavy atom. The van der Waals surface area contributed by atoms with Crippen molar-refractivity contribution in [3.63, 3.8) is 0 Å². The molecule has 0 aliphatic heterocycles. The van der Waals surface area contributed by atoms with Gasteiger partial charge in [-0.15, -0.1) is 0 Å². The summed E-state index contributed by atoms with van der Waals surface area (Å²) >= 11 is 0. The van der Waals surface area contributed by atoms with Crippen molar-refractivity contribution in [2.45, 2.75) is 52.9 Å². The van der Waals surface area contributed by atoms with Crippen molar-refractivity contribution in [3.8, 4) is 5.75 Å². The predicted molar refractivity (Wildman–Crippen MR) is 75.7 cm³/mol. The van der Waals surface area contributed by atoms with Crippen LogP contribution in [0, 0.1) is 0 Å². The van der Waals surface area contributed by atoms with Crippen LogP contribution in [0.5, 0.6) is 5.75 Å². The molecule has 0 atom stereocenters. The number of benzene rings is 1. The number of ketones is 1. The van der Waals surface area contributed by atoms with Gasteiger partial charge in [-0.2, -0.15) is 0 Å². The van der Waals surface area contributed by atoms with Gasteiger partial charge in [0.15, 0.2) is 5.78 Å². The van der Waals surface area contributed by atoms with Crippen molar-refractivity contribution in [2.75, 3.05) is 7.11 Å². The summed E-state index contributed by atoms with van der Waals surface area (Å²) in [6.07, 6.45) is 2.66. The van der Waals surface area contributed by atoms with Gasteiger partial charge in [-0.25, -0.2) is 0 Å². The van der Waals surface area contributed by atoms with Crippen LogP contribution in [0.15, 0.2) is 12.1 Å². The Labute approximate surface area is 110 Å². The summed E-state index contributed by atoms with van der Waals surface area (Å²) in [5.41, 5.74) is 3.20. The zero-order chi connectivity index (χ0) is 13.7. The fourth-order valence-corrected chi connectivity index (χ4v) is 2.31. The van der Waals surface area contributed by atoms with Crippen molar-refractivity contribution >= 4 is 5.78 Å². The molecule has 0 bridgehead atoms. The molecule has 2 rings (SSSR count). The predicted octanol–water partition coefficient (Wildman–Crippen LogP) is 4.36. The molecule has 0 N–H and O–H groups in total. The van der Waals surface area contributed by atoms with E-state index < -0.39 is 0 Å². The second-order valence-corrected chi connectivity index (χ2v) is 4.68. The topological polar surface area (TPSA) is 26.3 Å². The standard InChI is InChI=1S/C14H18O2.C2H6/c1-9(2)11-8-12-10(7-14(11)16-3)5-4-6-13(12)15;1-2/h7-9H,4-6H2,1-3H3;1-2H3. The first kappa shape index (κ1) is 14.7. The maximum Gasteiger partial charge on any atom is 0.163 e. The highest BCUT2D eigenvalue weighted by molar-refractivity contribution is 5.98. The van der Waals surface area contributed by atoms with E-state index in [1.807, 2.05) is 26.0 Å². The molecule has 0 saturated heterocycles. The first-order valence-electron chi connectivity index (χ1n) is 6.87. The lowest BCUT2D eigenvalue weighted by Gasteiger charge is -2.19. The average Bonchev–Trinajstić information content (AvgIpc) is 2.40. The van der Waals surface area contributed by atoms with E-state index in [-0.39, 0.29) is 5.78 Å². The van der Waals surface area contributed by atoms with E-state index in [1.165, 1.54) is 0 Å². The molecule has 1 aliphatic rings. The molecule has 100 valence electrons. The number of methoxy groups -OCH3 is 1. The number of ether oxygens (including phenoxy) is 1. The minimum absolute atomic E-state index is 0.283. The molecule has 0 heterocycles. The lowest BCUT2D eigenvalue weighted by atomic mass is 9.87. The van der Waals surface area contributed by atoms with Crippen LogP contribution in [-0.4, -0.2) is 12.9 Å². The van der Waals surface area contributed by atoms with E-state index in [9.17, 15) is 4.79 Å². The smallest absolute Gasteiger partial charge is 0.163 e. The summed E-state index contributed by atoms with van der Waals surface area (Å²) in [7, 11) is 1.69. The minimum Gasteiger partial charge on any atom is -0.496 e. The van der Waals surface area contributed by atoms with Crippen LogP contribution in [-0.2, 0) is 6.42 Å². The normalized spacial score (nSPS) is 13.8. The monoisotopic (exact) mass is 248 g/mol. The maximum atomic E-state index is 11.8. The number of carbonyl (C=O) groups excluding carboxylic acids is 1. The van der Waals surface area contributed by atoms with Crippen LogP contribution in [0.3, 0.4) is 0 Å². The second-order valence-electron chi connectivity index (χ2n) is 4.68. The summed E-state index contributed by atoms with van der Waals surface area (Å²) < 4.78 is 5.40. The van der Waals surface area contributed by atoms with Crippen molar-refractivity contribution in [1.29, 1.82) is 0 Å². The molecule has 18 heavy (non-hydrogen) atoms. The fourth-order valence-electron chi connectivity index (χ4n) is 2.31. The van der Waals surface area contributed by atoms with Gasteiger partial charge in [0, 0.05) is 12.0 Å². The number of Topliss-reactive ketones (excluding diaryl/α,β-unsaturated/α-hetero) is 1. The zero-order valence-electron chi connectivity index (χ0n) is 12.2. The molecule has 2 nitrogen and oxygen atoms in total. The van der Waals surface area contributed by atoms with Gasteiger partial charge in [0.1, 0.15) is 5.75 Å². The third-order valence-electron chi connectivity index (χ3n) is 3.23. The molecule has 1 aliphatic carbocycles. The van der Waals surface area contributed by atoms with E-state index in [2.05, 4.69) is 13.8 Å². The quantitative estimate of drug-likeness (QED) is 0.777. The van der Waals surface area contributed by atoms with E-state index >= 15 is 0 Å². The second kappa shape index (κ2) is 6.58. The van der Waals surface area contributed by atoms with Crippen molar-refractivity contribution in [2.24, 2.45) is 0 Å². The number of hydrogen-bond donors (Lipinski definition) is 0. The molecular formula is C16H24O2. The molecule has 0 spiro atoms. The number of carbonyl (C=O) groups is 1. The molecule has 0 saturated carbocycles. The Balaban J connectivity index is 0.000000771. The van der Waals surface area contributed by atoms with E-state index in [0.717, 1.165) is 35.3 Å². The first-order valence-corrected chi connectivity index (χ1v) is 6.87. The number of rotatable bonds is 2. The summed E-state index contributed by atoms with van der Waals surface area (Å²) in [5, 5.41) is 0. The molecule has 2 heteroatoms. The number of aryl methyl sites for hydroxylation is 1. The Hall–Kier alpha value is -1.31. The lowest BCUT2D eigenvalue weighted by Crippen LogP contribution is -2.12. The van der Waals surface area contributed by atoms with E-state index in [1.54, 1.807) is 7.11 Å². The highest BCUT2D eigenvalue weighted by Gasteiger charge is 2.20. The van der Waals surface area contributed by atoms with Gasteiger partial charge >= 0.3 is 0 Å². The highest BCUT2D eigenvalue weighted by atomic mass is 16.5. The number of hydrogen-bond acceptors (Lipinski definition) is 2. The summed E-state index contributed by atoms with van der Waals surface area (Å²) in [5.74, 6) is 1.59. The van der Waals surface area contributed by atoms with Gasteiger partial charge in [-0.1, -0.05) is 27.7 Å². The van der Waals surface area contributed by atoms with Crippen LogP contribution in [0.4, 0.5) is 0 Å². The largest absolute Gasteiger partial charge is 0.496 e. The Kier molecular flexibility index (Phi) is 5.39. The van der Waals surface area contributed by atoms with Crippen molar-refractivity contribution < 1.29 is 9.53 Å². The first-order chi connectivity index (χ1) is 8.63. The minimum atomic E-state index is 0.283. The third-order valence-corrected chi connectivity index (χ3v) is 3.23. The lowest BCUT2D eigenvalue weighted by molar-refractivity contribution is 0.0972. The van der Waals surface area contributed by atoms with Gasteiger partial charge < -0.3 is 4.74 Å². The molecule has 0 fully saturated rings. The SMILES string of the molecule is CC.COc1cc2c(cc1C(C)C)C(=O)CCC2. The van der Waals surface area contributed by atoms with Crippen molar-refractivity contribution in [1.82, 2.24) is 0 Å². The van der Waals surface area contributed by atoms with Gasteiger partial charge in [-0.3, -0.25) is 4.79 Å². The van der Waals surface area contributed by atoms with Crippen LogP contribution in [0.25, 0.3) is 0 Å². The van der Waals surface area contributed by atoms with E-state index in [4.69, 9.17) is 4.74 Å². The van der Waals surface area contributed by atoms with Crippen LogP contribution in [0.1, 0.15) is 67.9 Å². The Morgan fingerprint density at radius 1 is 1.17 bits per heavy atom. The van der Waals surface area contributed by atoms with Gasteiger partial charge in [-0.05, 0) is 42.0 Å². The average molecular weight is 248 g/mol. The zero-order valence-corrected chi connectivity index (χ0v) is 12.2. The molecule has 1 aromatic carbocycles. The molecule has 1 aromatic rings. The molecular weight excluding hydrogens is 224 g/mol. The molecule has 0 aromatic heterocycles. The van der Waals surface area contributed by atoms with Crippen molar-refractivity contribution in [3.05, 3.63) is 28.8 Å². The Bertz CT molecular complexity index is 419. The summed E-state index contributed by atoms with van der Waals surface area (Å²) in [4.78, 5) is 11.8. The van der Waals surface area contributed by atoms with Crippen LogP contribution < -0.4 is 4.74 Å². The molecule has 0 amide bonds. The summed E-state index contributed by atoms with van der Waals surface area (Å²) in [6.45, 7) is 8.25. The highest BCUT2D eigenvalue weighted by Crippen LogP contribution is 2.33. The Morgan fingerprint density at radius 3 is 2.39 bits per heavy atom. The van der Waals surface area contributed by atoms with E-state index in [0.29, 0.717) is 12.3 Å². The van der Waals surface area contributed by atoms with Crippen LogP contribution >= 0.6 is 0 Å². The van der Waals surface area contributed by atoms with Gasteiger partial charge in [0.05, 0.1) is 7.11 Å². The summed E-state index contributed by atoms with van der Waals surface area (Å²) in [6, 6.07) is 4.07. The molecule has 0 radical (unpaired) electrons. The number of fused-ring (bicyclic) bond motifs is 1. The third kappa shape index (κ3) is 2.92. The maximum absolute atomic E-state index is 11.8. The van der Waals surface area contributed by atoms with Crippen LogP contribution in [0.2, 0.25) is 0 Å². The van der Waals surface area contributed by atoms with Gasteiger partial charge in [0.2, 0.25) is 0 Å². The fraction of sp³-hybridized carbons (Fsp3) is 0.562. The van der Waals surface area contributed by atoms with Gasteiger partial charge in [0.25, 0.3) is 0 Å².